The van der Waals surface area contributed by atoms with Crippen LogP contribution in [0.3, 0.4) is 0 Å². The fourth-order valence-electron chi connectivity index (χ4n) is 5.16. The summed E-state index contributed by atoms with van der Waals surface area (Å²) in [4.78, 5) is 42.3. The van der Waals surface area contributed by atoms with Gasteiger partial charge in [-0.15, -0.1) is 11.8 Å². The molecular formula is C26H35N3O5S. The van der Waals surface area contributed by atoms with Crippen LogP contribution in [0.4, 0.5) is 4.79 Å². The molecule has 9 heteroatoms. The van der Waals surface area contributed by atoms with Gasteiger partial charge in [0.1, 0.15) is 5.75 Å². The van der Waals surface area contributed by atoms with Gasteiger partial charge in [-0.2, -0.15) is 0 Å². The molecule has 3 fully saturated rings. The average molecular weight is 502 g/mol. The number of rotatable bonds is 5. The molecule has 2 aliphatic heterocycles. The molecule has 3 unspecified atom stereocenters. The summed E-state index contributed by atoms with van der Waals surface area (Å²) in [6.45, 7) is 3.35. The summed E-state index contributed by atoms with van der Waals surface area (Å²) in [5.74, 6) is 0.740. The molecule has 1 aliphatic carbocycles. The Balaban J connectivity index is 1.32. The fraction of sp³-hybridized carbons (Fsp3) is 0.577. The second kappa shape index (κ2) is 11.4. The molecule has 2 saturated heterocycles. The third-order valence-electron chi connectivity index (χ3n) is 7.19. The lowest BCUT2D eigenvalue weighted by Crippen LogP contribution is -2.53. The number of fused-ring (bicyclic) bond motifs is 1. The molecule has 3 aliphatic rings. The first-order valence-corrected chi connectivity index (χ1v) is 13.3. The molecule has 8 nitrogen and oxygen atoms in total. The number of carbonyl (C=O) groups excluding carboxylic acids is 3. The summed E-state index contributed by atoms with van der Waals surface area (Å²) in [5, 5.41) is 3.49. The molecule has 1 N–H and O–H groups in total. The minimum atomic E-state index is -0.280. The summed E-state index contributed by atoms with van der Waals surface area (Å²) in [6.07, 6.45) is 5.51. The van der Waals surface area contributed by atoms with Crippen LogP contribution in [0.5, 0.6) is 5.75 Å². The van der Waals surface area contributed by atoms with Gasteiger partial charge in [-0.05, 0) is 62.8 Å². The molecule has 35 heavy (non-hydrogen) atoms. The highest BCUT2D eigenvalue weighted by molar-refractivity contribution is 8.04. The fourth-order valence-corrected chi connectivity index (χ4v) is 6.64. The first kappa shape index (κ1) is 25.4. The normalized spacial score (nSPS) is 26.3. The first-order valence-electron chi connectivity index (χ1n) is 12.4. The highest BCUT2D eigenvalue weighted by Gasteiger charge is 2.43. The Bertz CT molecular complexity index is 975. The summed E-state index contributed by atoms with van der Waals surface area (Å²) in [6, 6.07) is 7.81. The topological polar surface area (TPSA) is 88.2 Å². The number of methoxy groups -OCH3 is 1. The second-order valence-electron chi connectivity index (χ2n) is 9.40. The number of hydrogen-bond donors (Lipinski definition) is 1. The van der Waals surface area contributed by atoms with Crippen LogP contribution in [0.1, 0.15) is 44.6 Å². The molecule has 190 valence electrons. The number of thioether (sulfide) groups is 1. The van der Waals surface area contributed by atoms with Crippen molar-refractivity contribution in [3.05, 3.63) is 34.7 Å². The lowest BCUT2D eigenvalue weighted by atomic mass is 9.83. The van der Waals surface area contributed by atoms with Crippen molar-refractivity contribution in [3.63, 3.8) is 0 Å². The van der Waals surface area contributed by atoms with Crippen molar-refractivity contribution in [1.82, 2.24) is 15.1 Å². The quantitative estimate of drug-likeness (QED) is 0.622. The van der Waals surface area contributed by atoms with E-state index in [-0.39, 0.29) is 41.2 Å². The third-order valence-corrected chi connectivity index (χ3v) is 8.59. The van der Waals surface area contributed by atoms with Crippen LogP contribution >= 0.6 is 11.8 Å². The molecule has 1 aromatic carbocycles. The molecule has 3 atom stereocenters. The van der Waals surface area contributed by atoms with Gasteiger partial charge >= 0.3 is 6.09 Å². The molecule has 2 heterocycles. The Morgan fingerprint density at radius 2 is 1.97 bits per heavy atom. The molecule has 3 amide bonds. The number of likely N-dealkylation sites (tertiary alicyclic amines) is 1. The average Bonchev–Trinajstić information content (AvgIpc) is 2.87. The molecular weight excluding hydrogens is 466 g/mol. The Hall–Kier alpha value is -2.68. The number of likely N-dealkylation sites (N-methyl/N-ethyl adjacent to an activating group) is 1. The van der Waals surface area contributed by atoms with Gasteiger partial charge < -0.3 is 24.6 Å². The summed E-state index contributed by atoms with van der Waals surface area (Å²) >= 11 is 1.64. The number of amides is 3. The molecule has 1 aromatic rings. The van der Waals surface area contributed by atoms with Gasteiger partial charge in [0.05, 0.1) is 18.6 Å². The number of nitrogens with zero attached hydrogens (tertiary/aromatic N) is 2. The second-order valence-corrected chi connectivity index (χ2v) is 10.7. The number of carbonyl (C=O) groups is 3. The van der Waals surface area contributed by atoms with Crippen molar-refractivity contribution in [1.29, 1.82) is 0 Å². The molecule has 4 rings (SSSR count). The maximum absolute atomic E-state index is 13.1. The highest BCUT2D eigenvalue weighted by Crippen LogP contribution is 2.43. The van der Waals surface area contributed by atoms with E-state index in [0.717, 1.165) is 41.9 Å². The maximum Gasteiger partial charge on any atom is 0.409 e. The van der Waals surface area contributed by atoms with Crippen LogP contribution in [0.2, 0.25) is 0 Å². The summed E-state index contributed by atoms with van der Waals surface area (Å²) < 4.78 is 10.4. The molecule has 0 spiro atoms. The highest BCUT2D eigenvalue weighted by atomic mass is 32.2. The van der Waals surface area contributed by atoms with Gasteiger partial charge in [-0.1, -0.05) is 12.1 Å². The van der Waals surface area contributed by atoms with E-state index in [0.29, 0.717) is 26.1 Å². The minimum Gasteiger partial charge on any atom is -0.497 e. The molecule has 1 saturated carbocycles. The lowest BCUT2D eigenvalue weighted by molar-refractivity contribution is -0.132. The van der Waals surface area contributed by atoms with Crippen LogP contribution in [-0.4, -0.2) is 78.9 Å². The predicted molar refractivity (Wildman–Crippen MR) is 136 cm³/mol. The number of nitrogens with one attached hydrogen (secondary N) is 1. The van der Waals surface area contributed by atoms with Crippen LogP contribution in [0, 0.1) is 5.92 Å². The van der Waals surface area contributed by atoms with E-state index in [1.807, 2.05) is 42.3 Å². The lowest BCUT2D eigenvalue weighted by Gasteiger charge is -2.44. The summed E-state index contributed by atoms with van der Waals surface area (Å²) in [7, 11) is 3.48. The van der Waals surface area contributed by atoms with E-state index in [1.54, 1.807) is 30.7 Å². The van der Waals surface area contributed by atoms with Gasteiger partial charge in [-0.25, -0.2) is 4.79 Å². The zero-order chi connectivity index (χ0) is 24.9. The van der Waals surface area contributed by atoms with Crippen LogP contribution in [-0.2, 0) is 14.3 Å². The van der Waals surface area contributed by atoms with Crippen molar-refractivity contribution in [2.45, 2.75) is 56.4 Å². The van der Waals surface area contributed by atoms with E-state index >= 15 is 0 Å². The van der Waals surface area contributed by atoms with Crippen molar-refractivity contribution < 1.29 is 23.9 Å². The Labute approximate surface area is 211 Å². The SMILES string of the molecule is CCOC(=O)N1CCC(NC(=O)C2CCC3S/C(=C\c4cccc(OC)c4)C(=O)N(C)C3C2)CC1. The standard InChI is InChI=1S/C26H35N3O5S/c1-4-34-26(32)29-12-10-19(11-13-29)27-24(30)18-8-9-22-21(16-18)28(2)25(31)23(35-22)15-17-6-5-7-20(14-17)33-3/h5-7,14-15,18-19,21-22H,4,8-13,16H2,1-3H3,(H,27,30)/b23-15-. The number of ether oxygens (including phenoxy) is 2. The van der Waals surface area contributed by atoms with Gasteiger partial charge in [0.25, 0.3) is 5.91 Å². The molecule has 0 aromatic heterocycles. The van der Waals surface area contributed by atoms with Gasteiger partial charge in [-0.3, -0.25) is 9.59 Å². The molecule has 0 radical (unpaired) electrons. The molecule has 0 bridgehead atoms. The summed E-state index contributed by atoms with van der Waals surface area (Å²) in [5.41, 5.74) is 0.939. The van der Waals surface area contributed by atoms with Crippen LogP contribution in [0.25, 0.3) is 6.08 Å². The van der Waals surface area contributed by atoms with Crippen molar-refractivity contribution in [3.8, 4) is 5.75 Å². The first-order chi connectivity index (χ1) is 16.9. The predicted octanol–water partition coefficient (Wildman–Crippen LogP) is 3.52. The minimum absolute atomic E-state index is 0.00599. The van der Waals surface area contributed by atoms with Gasteiger partial charge in [0, 0.05) is 43.4 Å². The van der Waals surface area contributed by atoms with Crippen LogP contribution in [0.15, 0.2) is 29.2 Å². The van der Waals surface area contributed by atoms with E-state index < -0.39 is 0 Å². The Kier molecular flexibility index (Phi) is 8.26. The zero-order valence-corrected chi connectivity index (χ0v) is 21.5. The maximum atomic E-state index is 13.1. The van der Waals surface area contributed by atoms with E-state index in [1.165, 1.54) is 0 Å². The number of piperidine rings is 1. The Morgan fingerprint density at radius 1 is 1.20 bits per heavy atom. The van der Waals surface area contributed by atoms with Gasteiger partial charge in [0.15, 0.2) is 0 Å². The van der Waals surface area contributed by atoms with E-state index in [4.69, 9.17) is 9.47 Å². The van der Waals surface area contributed by atoms with Crippen molar-refractivity contribution >= 4 is 35.7 Å². The number of benzene rings is 1. The third kappa shape index (κ3) is 5.94. The largest absolute Gasteiger partial charge is 0.497 e. The zero-order valence-electron chi connectivity index (χ0n) is 20.7. The van der Waals surface area contributed by atoms with Crippen molar-refractivity contribution in [2.75, 3.05) is 33.9 Å². The van der Waals surface area contributed by atoms with E-state index in [2.05, 4.69) is 5.32 Å². The smallest absolute Gasteiger partial charge is 0.409 e. The van der Waals surface area contributed by atoms with E-state index in [9.17, 15) is 14.4 Å². The van der Waals surface area contributed by atoms with Crippen LogP contribution < -0.4 is 10.1 Å². The Morgan fingerprint density at radius 3 is 2.69 bits per heavy atom. The monoisotopic (exact) mass is 501 g/mol. The van der Waals surface area contributed by atoms with Gasteiger partial charge in [0.2, 0.25) is 5.91 Å². The number of hydrogen-bond acceptors (Lipinski definition) is 6. The van der Waals surface area contributed by atoms with Crippen molar-refractivity contribution in [2.24, 2.45) is 5.92 Å².